The fourth-order valence-corrected chi connectivity index (χ4v) is 4.73. The van der Waals surface area contributed by atoms with E-state index in [0.29, 0.717) is 17.4 Å². The van der Waals surface area contributed by atoms with Crippen LogP contribution in [0.15, 0.2) is 39.6 Å². The van der Waals surface area contributed by atoms with Crippen LogP contribution in [0.5, 0.6) is 0 Å². The zero-order chi connectivity index (χ0) is 19.7. The van der Waals surface area contributed by atoms with Gasteiger partial charge < -0.3 is 10.2 Å². The summed E-state index contributed by atoms with van der Waals surface area (Å²) in [4.78, 5) is 31.5. The highest BCUT2D eigenvalue weighted by Gasteiger charge is 2.22. The molecule has 0 radical (unpaired) electrons. The van der Waals surface area contributed by atoms with Crippen molar-refractivity contribution in [3.05, 3.63) is 56.4 Å². The number of piperidine rings is 1. The number of carbonyl (C=O) groups excluding carboxylic acids is 1. The van der Waals surface area contributed by atoms with Crippen LogP contribution in [-0.4, -0.2) is 33.6 Å². The third-order valence-corrected chi connectivity index (χ3v) is 6.54. The van der Waals surface area contributed by atoms with Crippen LogP contribution in [0, 0.1) is 5.92 Å². The van der Waals surface area contributed by atoms with Crippen LogP contribution >= 0.6 is 27.3 Å². The summed E-state index contributed by atoms with van der Waals surface area (Å²) >= 11 is 4.82. The Morgan fingerprint density at radius 3 is 3.00 bits per heavy atom. The van der Waals surface area contributed by atoms with Crippen molar-refractivity contribution in [2.75, 3.05) is 18.0 Å². The van der Waals surface area contributed by atoms with Crippen LogP contribution in [-0.2, 0) is 6.54 Å². The number of carbonyl (C=O) groups is 1. The minimum absolute atomic E-state index is 0.203. The topological polar surface area (TPSA) is 79.6 Å². The van der Waals surface area contributed by atoms with Gasteiger partial charge in [-0.05, 0) is 30.4 Å². The lowest BCUT2D eigenvalue weighted by Gasteiger charge is -2.30. The number of benzene rings is 1. The number of nitrogens with zero attached hydrogens (tertiary/aromatic N) is 4. The summed E-state index contributed by atoms with van der Waals surface area (Å²) in [6, 6.07) is 8.91. The molecule has 1 atom stereocenters. The Hall–Kier alpha value is -2.26. The number of aromatic nitrogens is 3. The van der Waals surface area contributed by atoms with Gasteiger partial charge >= 0.3 is 0 Å². The highest BCUT2D eigenvalue weighted by molar-refractivity contribution is 9.10. The molecule has 28 heavy (non-hydrogen) atoms. The molecule has 1 aliphatic heterocycles. The summed E-state index contributed by atoms with van der Waals surface area (Å²) in [7, 11) is 0. The Balaban J connectivity index is 1.61. The van der Waals surface area contributed by atoms with Gasteiger partial charge in [-0.25, -0.2) is 0 Å². The van der Waals surface area contributed by atoms with Crippen molar-refractivity contribution in [1.82, 2.24) is 19.9 Å². The molecule has 0 saturated carbocycles. The molecule has 1 aromatic carbocycles. The minimum Gasteiger partial charge on any atom is -0.347 e. The van der Waals surface area contributed by atoms with Gasteiger partial charge in [0.2, 0.25) is 10.1 Å². The van der Waals surface area contributed by atoms with Crippen molar-refractivity contribution in [3.8, 4) is 0 Å². The smallest absolute Gasteiger partial charge is 0.274 e. The number of anilines is 1. The number of nitrogens with one attached hydrogen (secondary N) is 1. The standard InChI is InChI=1S/C19H20BrN5O2S/c1-12-5-4-8-24(11-12)19-23-25-15(9-16(26)22-18(25)28-19)17(27)21-10-13-6-2-3-7-14(13)20/h2-3,6-7,9,12H,4-5,8,10-11H2,1H3,(H,21,27)/t12-/m1/s1. The second kappa shape index (κ2) is 8.00. The number of halogens is 1. The Bertz CT molecular complexity index is 1080. The third-order valence-electron chi connectivity index (χ3n) is 4.80. The van der Waals surface area contributed by atoms with Gasteiger partial charge in [0.1, 0.15) is 5.69 Å². The lowest BCUT2D eigenvalue weighted by Crippen LogP contribution is -2.34. The van der Waals surface area contributed by atoms with Crippen molar-refractivity contribution in [3.63, 3.8) is 0 Å². The number of hydrogen-bond acceptors (Lipinski definition) is 6. The average molecular weight is 462 g/mol. The molecule has 0 aliphatic carbocycles. The molecule has 0 bridgehead atoms. The highest BCUT2D eigenvalue weighted by atomic mass is 79.9. The van der Waals surface area contributed by atoms with E-state index in [1.54, 1.807) is 0 Å². The molecule has 0 unspecified atom stereocenters. The molecule has 0 spiro atoms. The van der Waals surface area contributed by atoms with Gasteiger partial charge in [-0.3, -0.25) is 9.59 Å². The molecule has 1 aliphatic rings. The molecular weight excluding hydrogens is 442 g/mol. The number of hydrogen-bond donors (Lipinski definition) is 1. The summed E-state index contributed by atoms with van der Waals surface area (Å²) in [5, 5.41) is 8.26. The summed E-state index contributed by atoms with van der Waals surface area (Å²) < 4.78 is 2.40. The van der Waals surface area contributed by atoms with E-state index >= 15 is 0 Å². The molecule has 1 amide bonds. The van der Waals surface area contributed by atoms with Crippen molar-refractivity contribution in [2.45, 2.75) is 26.3 Å². The zero-order valence-corrected chi connectivity index (χ0v) is 17.8. The van der Waals surface area contributed by atoms with Crippen LogP contribution < -0.4 is 15.8 Å². The van der Waals surface area contributed by atoms with Gasteiger partial charge in [-0.15, -0.1) is 5.10 Å². The van der Waals surface area contributed by atoms with E-state index in [1.165, 1.54) is 28.3 Å². The molecule has 2 aromatic heterocycles. The Kier molecular flexibility index (Phi) is 5.45. The summed E-state index contributed by atoms with van der Waals surface area (Å²) in [6.07, 6.45) is 2.32. The van der Waals surface area contributed by atoms with E-state index in [9.17, 15) is 9.59 Å². The van der Waals surface area contributed by atoms with Crippen LogP contribution in [0.2, 0.25) is 0 Å². The minimum atomic E-state index is -0.437. The SMILES string of the molecule is C[C@@H]1CCCN(c2nn3c(C(=O)NCc4ccccc4Br)cc(=O)nc3s2)C1. The first-order chi connectivity index (χ1) is 13.5. The van der Waals surface area contributed by atoms with E-state index in [4.69, 9.17) is 0 Å². The molecule has 3 aromatic rings. The molecule has 9 heteroatoms. The molecule has 7 nitrogen and oxygen atoms in total. The maximum Gasteiger partial charge on any atom is 0.274 e. The van der Waals surface area contributed by atoms with Crippen LogP contribution in [0.4, 0.5) is 5.13 Å². The molecule has 1 N–H and O–H groups in total. The fraction of sp³-hybridized carbons (Fsp3) is 0.368. The maximum atomic E-state index is 12.8. The van der Waals surface area contributed by atoms with Gasteiger partial charge in [-0.2, -0.15) is 9.50 Å². The second-order valence-corrected chi connectivity index (χ2v) is 8.81. The molecule has 146 valence electrons. The monoisotopic (exact) mass is 461 g/mol. The van der Waals surface area contributed by atoms with E-state index in [1.807, 2.05) is 24.3 Å². The lowest BCUT2D eigenvalue weighted by atomic mass is 10.0. The van der Waals surface area contributed by atoms with Crippen LogP contribution in [0.1, 0.15) is 35.8 Å². The van der Waals surface area contributed by atoms with E-state index in [2.05, 4.69) is 43.2 Å². The maximum absolute atomic E-state index is 12.8. The quantitative estimate of drug-likeness (QED) is 0.645. The summed E-state index contributed by atoms with van der Waals surface area (Å²) in [5.41, 5.74) is 0.720. The summed E-state index contributed by atoms with van der Waals surface area (Å²) in [6.45, 7) is 4.42. The first-order valence-corrected chi connectivity index (χ1v) is 10.8. The molecule has 4 rings (SSSR count). The third kappa shape index (κ3) is 3.95. The van der Waals surface area contributed by atoms with E-state index < -0.39 is 5.56 Å². The van der Waals surface area contributed by atoms with Crippen molar-refractivity contribution >= 4 is 43.3 Å². The fourth-order valence-electron chi connectivity index (χ4n) is 3.37. The average Bonchev–Trinajstić information content (AvgIpc) is 3.10. The lowest BCUT2D eigenvalue weighted by molar-refractivity contribution is 0.0943. The number of amides is 1. The summed E-state index contributed by atoms with van der Waals surface area (Å²) in [5.74, 6) is 0.245. The van der Waals surface area contributed by atoms with Gasteiger partial charge in [0.25, 0.3) is 11.5 Å². The molecule has 1 fully saturated rings. The van der Waals surface area contributed by atoms with Crippen molar-refractivity contribution in [2.24, 2.45) is 5.92 Å². The van der Waals surface area contributed by atoms with Gasteiger partial charge in [0.15, 0.2) is 0 Å². The molecule has 1 saturated heterocycles. The predicted octanol–water partition coefficient (Wildman–Crippen LogP) is 3.08. The zero-order valence-electron chi connectivity index (χ0n) is 15.4. The van der Waals surface area contributed by atoms with Crippen LogP contribution in [0.25, 0.3) is 4.96 Å². The second-order valence-electron chi connectivity index (χ2n) is 7.03. The highest BCUT2D eigenvalue weighted by Crippen LogP contribution is 2.27. The van der Waals surface area contributed by atoms with Crippen molar-refractivity contribution in [1.29, 1.82) is 0 Å². The number of rotatable bonds is 4. The van der Waals surface area contributed by atoms with Gasteiger partial charge in [-0.1, -0.05) is 52.4 Å². The predicted molar refractivity (Wildman–Crippen MR) is 113 cm³/mol. The van der Waals surface area contributed by atoms with Gasteiger partial charge in [0.05, 0.1) is 0 Å². The Labute approximate surface area is 174 Å². The van der Waals surface area contributed by atoms with Crippen molar-refractivity contribution < 1.29 is 4.79 Å². The molecular formula is C19H20BrN5O2S. The van der Waals surface area contributed by atoms with E-state index in [-0.39, 0.29) is 11.6 Å². The largest absolute Gasteiger partial charge is 0.347 e. The normalized spacial score (nSPS) is 17.1. The Morgan fingerprint density at radius 1 is 1.39 bits per heavy atom. The van der Waals surface area contributed by atoms with Gasteiger partial charge in [0, 0.05) is 30.2 Å². The molecule has 3 heterocycles. The number of fused-ring (bicyclic) bond motifs is 1. The first-order valence-electron chi connectivity index (χ1n) is 9.19. The van der Waals surface area contributed by atoms with E-state index in [0.717, 1.165) is 34.7 Å². The Morgan fingerprint density at radius 2 is 2.21 bits per heavy atom. The first kappa shape index (κ1) is 19.1. The van der Waals surface area contributed by atoms with Crippen LogP contribution in [0.3, 0.4) is 0 Å².